The fraction of sp³-hybridized carbons (Fsp3) is 0.143. The zero-order chi connectivity index (χ0) is 24.2. The second-order valence-corrected chi connectivity index (χ2v) is 7.20. The van der Waals surface area contributed by atoms with Crippen LogP contribution in [0.15, 0.2) is 65.3 Å². The van der Waals surface area contributed by atoms with Gasteiger partial charge in [-0.15, -0.1) is 0 Å². The highest BCUT2D eigenvalue weighted by atomic mass is 35.5. The van der Waals surface area contributed by atoms with Gasteiger partial charge in [-0.3, -0.25) is 19.7 Å². The second kappa shape index (κ2) is 9.74. The van der Waals surface area contributed by atoms with Gasteiger partial charge in [0.15, 0.2) is 0 Å². The van der Waals surface area contributed by atoms with E-state index in [-0.39, 0.29) is 23.5 Å². The Labute approximate surface area is 189 Å². The number of nitrogens with one attached hydrogen (secondary N) is 1. The van der Waals surface area contributed by atoms with E-state index in [1.54, 1.807) is 12.1 Å². The molecule has 0 aliphatic heterocycles. The summed E-state index contributed by atoms with van der Waals surface area (Å²) in [6, 6.07) is 10.9. The van der Waals surface area contributed by atoms with Gasteiger partial charge in [0, 0.05) is 23.4 Å². The van der Waals surface area contributed by atoms with Gasteiger partial charge in [-0.2, -0.15) is 13.2 Å². The lowest BCUT2D eigenvalue weighted by Gasteiger charge is -2.21. The smallest absolute Gasteiger partial charge is 0.417 e. The van der Waals surface area contributed by atoms with Gasteiger partial charge in [0.1, 0.15) is 12.3 Å². The van der Waals surface area contributed by atoms with Gasteiger partial charge in [-0.1, -0.05) is 17.7 Å². The van der Waals surface area contributed by atoms with Gasteiger partial charge in [0.25, 0.3) is 11.6 Å². The second-order valence-electron chi connectivity index (χ2n) is 6.79. The van der Waals surface area contributed by atoms with Crippen LogP contribution in [0.4, 0.5) is 24.5 Å². The van der Waals surface area contributed by atoms with Crippen molar-refractivity contribution in [3.05, 3.63) is 92.9 Å². The Kier molecular flexibility index (Phi) is 7.02. The third-order valence-corrected chi connectivity index (χ3v) is 4.74. The summed E-state index contributed by atoms with van der Waals surface area (Å²) in [5, 5.41) is 12.8. The first-order chi connectivity index (χ1) is 15.5. The van der Waals surface area contributed by atoms with E-state index in [2.05, 4.69) is 5.32 Å². The Hall–Kier alpha value is -3.86. The van der Waals surface area contributed by atoms with Crippen molar-refractivity contribution in [1.82, 2.24) is 4.90 Å². The van der Waals surface area contributed by atoms with Gasteiger partial charge in [0.2, 0.25) is 5.91 Å². The fourth-order valence-corrected chi connectivity index (χ4v) is 3.14. The minimum absolute atomic E-state index is 0.0468. The number of hydrogen-bond acceptors (Lipinski definition) is 5. The molecule has 8 nitrogen and oxygen atoms in total. The molecule has 0 aliphatic carbocycles. The summed E-state index contributed by atoms with van der Waals surface area (Å²) in [5.74, 6) is -1.18. The summed E-state index contributed by atoms with van der Waals surface area (Å²) < 4.78 is 44.4. The number of nitro groups is 1. The van der Waals surface area contributed by atoms with E-state index >= 15 is 0 Å². The molecule has 0 spiro atoms. The summed E-state index contributed by atoms with van der Waals surface area (Å²) in [4.78, 5) is 36.9. The number of non-ortho nitro benzene ring substituents is 1. The van der Waals surface area contributed by atoms with Crippen LogP contribution in [0.2, 0.25) is 5.02 Å². The number of nitrogens with zero attached hydrogens (tertiary/aromatic N) is 2. The largest absolute Gasteiger partial charge is 0.467 e. The molecule has 1 aromatic heterocycles. The molecule has 2 aromatic carbocycles. The van der Waals surface area contributed by atoms with Crippen molar-refractivity contribution in [2.75, 3.05) is 11.9 Å². The van der Waals surface area contributed by atoms with Crippen LogP contribution in [0.5, 0.6) is 0 Å². The number of nitro benzene ring substituents is 1. The Morgan fingerprint density at radius 3 is 2.52 bits per heavy atom. The van der Waals surface area contributed by atoms with Gasteiger partial charge in [0.05, 0.1) is 28.3 Å². The third kappa shape index (κ3) is 6.10. The number of hydrogen-bond donors (Lipinski definition) is 1. The van der Waals surface area contributed by atoms with E-state index in [0.29, 0.717) is 11.8 Å². The predicted molar refractivity (Wildman–Crippen MR) is 112 cm³/mol. The molecule has 3 aromatic rings. The minimum atomic E-state index is -4.72. The number of carbonyl (C=O) groups excluding carboxylic acids is 2. The monoisotopic (exact) mass is 481 g/mol. The van der Waals surface area contributed by atoms with Crippen molar-refractivity contribution in [1.29, 1.82) is 0 Å². The average molecular weight is 482 g/mol. The predicted octanol–water partition coefficient (Wildman–Crippen LogP) is 5.14. The van der Waals surface area contributed by atoms with Crippen molar-refractivity contribution in [2.45, 2.75) is 12.7 Å². The van der Waals surface area contributed by atoms with Crippen molar-refractivity contribution < 1.29 is 32.1 Å². The number of anilines is 1. The lowest BCUT2D eigenvalue weighted by molar-refractivity contribution is -0.384. The van der Waals surface area contributed by atoms with Crippen molar-refractivity contribution in [3.63, 3.8) is 0 Å². The highest BCUT2D eigenvalue weighted by molar-refractivity contribution is 6.31. The summed E-state index contributed by atoms with van der Waals surface area (Å²) in [5.41, 5.74) is -1.65. The Morgan fingerprint density at radius 2 is 1.88 bits per heavy atom. The quantitative estimate of drug-likeness (QED) is 0.371. The first kappa shape index (κ1) is 23.8. The van der Waals surface area contributed by atoms with Gasteiger partial charge >= 0.3 is 6.18 Å². The van der Waals surface area contributed by atoms with Gasteiger partial charge in [-0.25, -0.2) is 0 Å². The molecule has 0 saturated carbocycles. The van der Waals surface area contributed by atoms with E-state index in [4.69, 9.17) is 16.0 Å². The van der Waals surface area contributed by atoms with Crippen molar-refractivity contribution in [2.24, 2.45) is 0 Å². The normalized spacial score (nSPS) is 11.2. The molecule has 12 heteroatoms. The van der Waals surface area contributed by atoms with Crippen LogP contribution in [0.25, 0.3) is 0 Å². The topological polar surface area (TPSA) is 106 Å². The zero-order valence-electron chi connectivity index (χ0n) is 16.6. The maximum atomic E-state index is 13.1. The third-order valence-electron chi connectivity index (χ3n) is 4.41. The van der Waals surface area contributed by atoms with Gasteiger partial charge < -0.3 is 14.6 Å². The molecule has 33 heavy (non-hydrogen) atoms. The van der Waals surface area contributed by atoms with Crippen LogP contribution in [0.1, 0.15) is 21.7 Å². The van der Waals surface area contributed by atoms with Crippen LogP contribution in [0, 0.1) is 10.1 Å². The molecule has 172 valence electrons. The summed E-state index contributed by atoms with van der Waals surface area (Å²) in [6.07, 6.45) is -3.36. The Balaban J connectivity index is 1.82. The first-order valence-corrected chi connectivity index (χ1v) is 9.65. The lowest BCUT2D eigenvalue weighted by atomic mass is 10.1. The van der Waals surface area contributed by atoms with Crippen LogP contribution in [-0.4, -0.2) is 28.2 Å². The average Bonchev–Trinajstić information content (AvgIpc) is 3.26. The number of benzene rings is 2. The molecule has 3 rings (SSSR count). The van der Waals surface area contributed by atoms with Crippen LogP contribution < -0.4 is 5.32 Å². The van der Waals surface area contributed by atoms with Crippen LogP contribution in [0.3, 0.4) is 0 Å². The lowest BCUT2D eigenvalue weighted by Crippen LogP contribution is -2.37. The Bertz CT molecular complexity index is 1180. The van der Waals surface area contributed by atoms with Crippen molar-refractivity contribution >= 4 is 34.8 Å². The number of rotatable bonds is 7. The maximum Gasteiger partial charge on any atom is 0.417 e. The van der Waals surface area contributed by atoms with E-state index in [1.165, 1.54) is 30.5 Å². The maximum absolute atomic E-state index is 13.1. The molecule has 0 aliphatic rings. The SMILES string of the molecule is O=C(CN(Cc1ccco1)C(=O)c1cccc([N+](=O)[O-])c1)Nc1ccc(Cl)c(C(F)(F)F)c1. The van der Waals surface area contributed by atoms with E-state index in [0.717, 1.165) is 17.0 Å². The summed E-state index contributed by atoms with van der Waals surface area (Å²) in [7, 11) is 0. The van der Waals surface area contributed by atoms with E-state index in [9.17, 15) is 32.9 Å². The number of halogens is 4. The molecule has 0 atom stereocenters. The molecule has 1 N–H and O–H groups in total. The molecule has 0 fully saturated rings. The highest BCUT2D eigenvalue weighted by Gasteiger charge is 2.33. The zero-order valence-corrected chi connectivity index (χ0v) is 17.4. The molecule has 1 heterocycles. The number of carbonyl (C=O) groups is 2. The molecule has 0 unspecified atom stereocenters. The molecule has 0 bridgehead atoms. The number of amides is 2. The molecular formula is C21H15ClF3N3O5. The standard InChI is InChI=1S/C21H15ClF3N3O5/c22-18-7-6-14(10-17(18)21(23,24)25)26-19(29)12-27(11-16-5-2-8-33-16)20(30)13-3-1-4-15(9-13)28(31)32/h1-10H,11-12H2,(H,26,29). The molecule has 0 radical (unpaired) electrons. The molecule has 2 amide bonds. The minimum Gasteiger partial charge on any atom is -0.467 e. The number of alkyl halides is 3. The highest BCUT2D eigenvalue weighted by Crippen LogP contribution is 2.36. The molecule has 0 saturated heterocycles. The first-order valence-electron chi connectivity index (χ1n) is 9.27. The summed E-state index contributed by atoms with van der Waals surface area (Å²) in [6.45, 7) is -0.720. The molecular weight excluding hydrogens is 467 g/mol. The Morgan fingerprint density at radius 1 is 1.12 bits per heavy atom. The van der Waals surface area contributed by atoms with E-state index < -0.39 is 40.0 Å². The number of furan rings is 1. The van der Waals surface area contributed by atoms with Crippen molar-refractivity contribution in [3.8, 4) is 0 Å². The van der Waals surface area contributed by atoms with Gasteiger partial charge in [-0.05, 0) is 36.4 Å². The fourth-order valence-electron chi connectivity index (χ4n) is 2.92. The summed E-state index contributed by atoms with van der Waals surface area (Å²) >= 11 is 5.58. The van der Waals surface area contributed by atoms with Crippen LogP contribution >= 0.6 is 11.6 Å². The van der Waals surface area contributed by atoms with Crippen LogP contribution in [-0.2, 0) is 17.5 Å². The van der Waals surface area contributed by atoms with E-state index in [1.807, 2.05) is 0 Å².